The van der Waals surface area contributed by atoms with Crippen LogP contribution < -0.4 is 10.0 Å². The van der Waals surface area contributed by atoms with E-state index < -0.39 is 10.0 Å². The average molecular weight is 270 g/mol. The van der Waals surface area contributed by atoms with E-state index >= 15 is 0 Å². The molecule has 1 rings (SSSR count). The highest BCUT2D eigenvalue weighted by Crippen LogP contribution is 2.16. The third-order valence-corrected chi connectivity index (χ3v) is 3.55. The van der Waals surface area contributed by atoms with Crippen LogP contribution in [0.15, 0.2) is 24.3 Å². The standard InChI is InChI=1S/C13H22N2O2S/c1-11-7-4-5-8-13(11)12(2)14-9-6-10-15-18(3,16)17/h4-5,7-8,12,14-15H,6,9-10H2,1-3H3. The van der Waals surface area contributed by atoms with E-state index in [1.54, 1.807) is 0 Å². The van der Waals surface area contributed by atoms with Crippen molar-refractivity contribution in [2.75, 3.05) is 19.3 Å². The van der Waals surface area contributed by atoms with Crippen molar-refractivity contribution in [3.8, 4) is 0 Å². The Bertz CT molecular complexity index is 472. The summed E-state index contributed by atoms with van der Waals surface area (Å²) in [7, 11) is -3.06. The Kier molecular flexibility index (Phi) is 5.78. The van der Waals surface area contributed by atoms with Crippen LogP contribution in [-0.2, 0) is 10.0 Å². The van der Waals surface area contributed by atoms with Crippen LogP contribution in [0.1, 0.15) is 30.5 Å². The maximum Gasteiger partial charge on any atom is 0.208 e. The zero-order valence-corrected chi connectivity index (χ0v) is 12.0. The average Bonchev–Trinajstić information content (AvgIpc) is 2.27. The van der Waals surface area contributed by atoms with Gasteiger partial charge in [0.2, 0.25) is 10.0 Å². The van der Waals surface area contributed by atoms with Gasteiger partial charge in [0.15, 0.2) is 0 Å². The smallest absolute Gasteiger partial charge is 0.208 e. The van der Waals surface area contributed by atoms with Gasteiger partial charge in [-0.15, -0.1) is 0 Å². The second-order valence-corrected chi connectivity index (χ2v) is 6.39. The molecule has 2 N–H and O–H groups in total. The monoisotopic (exact) mass is 270 g/mol. The first-order chi connectivity index (χ1) is 8.40. The van der Waals surface area contributed by atoms with Crippen LogP contribution in [0.3, 0.4) is 0 Å². The number of rotatable bonds is 7. The van der Waals surface area contributed by atoms with E-state index in [-0.39, 0.29) is 6.04 Å². The highest BCUT2D eigenvalue weighted by atomic mass is 32.2. The SMILES string of the molecule is Cc1ccccc1C(C)NCCCNS(C)(=O)=O. The van der Waals surface area contributed by atoms with Crippen LogP contribution in [0.2, 0.25) is 0 Å². The van der Waals surface area contributed by atoms with Gasteiger partial charge in [-0.05, 0) is 37.9 Å². The summed E-state index contributed by atoms with van der Waals surface area (Å²) in [6, 6.07) is 8.55. The minimum absolute atomic E-state index is 0.282. The van der Waals surface area contributed by atoms with E-state index in [1.807, 2.05) is 12.1 Å². The van der Waals surface area contributed by atoms with Gasteiger partial charge in [0, 0.05) is 12.6 Å². The van der Waals surface area contributed by atoms with Crippen molar-refractivity contribution in [1.29, 1.82) is 0 Å². The molecular weight excluding hydrogens is 248 g/mol. The van der Waals surface area contributed by atoms with Crippen molar-refractivity contribution >= 4 is 10.0 Å². The maximum absolute atomic E-state index is 10.9. The number of sulfonamides is 1. The van der Waals surface area contributed by atoms with Crippen molar-refractivity contribution in [1.82, 2.24) is 10.0 Å². The van der Waals surface area contributed by atoms with Crippen molar-refractivity contribution in [2.45, 2.75) is 26.3 Å². The molecule has 18 heavy (non-hydrogen) atoms. The van der Waals surface area contributed by atoms with E-state index in [2.05, 4.69) is 36.0 Å². The van der Waals surface area contributed by atoms with Crippen LogP contribution in [0, 0.1) is 6.92 Å². The summed E-state index contributed by atoms with van der Waals surface area (Å²) in [6.45, 7) is 5.48. The van der Waals surface area contributed by atoms with Crippen LogP contribution in [0.25, 0.3) is 0 Å². The lowest BCUT2D eigenvalue weighted by molar-refractivity contribution is 0.547. The van der Waals surface area contributed by atoms with Gasteiger partial charge < -0.3 is 5.32 Å². The molecule has 1 aromatic rings. The number of hydrogen-bond donors (Lipinski definition) is 2. The minimum atomic E-state index is -3.06. The molecule has 0 spiro atoms. The summed E-state index contributed by atoms with van der Waals surface area (Å²) < 4.78 is 24.2. The number of benzene rings is 1. The van der Waals surface area contributed by atoms with Gasteiger partial charge in [-0.25, -0.2) is 13.1 Å². The van der Waals surface area contributed by atoms with Crippen molar-refractivity contribution in [3.05, 3.63) is 35.4 Å². The molecule has 0 aliphatic rings. The van der Waals surface area contributed by atoms with E-state index in [0.29, 0.717) is 6.54 Å². The molecule has 0 amide bonds. The second-order valence-electron chi connectivity index (χ2n) is 4.55. The van der Waals surface area contributed by atoms with Crippen LogP contribution >= 0.6 is 0 Å². The summed E-state index contributed by atoms with van der Waals surface area (Å²) in [5, 5.41) is 3.39. The molecule has 1 aromatic carbocycles. The third-order valence-electron chi connectivity index (χ3n) is 2.82. The molecule has 0 heterocycles. The summed E-state index contributed by atoms with van der Waals surface area (Å²) >= 11 is 0. The molecule has 0 fully saturated rings. The second kappa shape index (κ2) is 6.87. The van der Waals surface area contributed by atoms with E-state index in [1.165, 1.54) is 17.4 Å². The maximum atomic E-state index is 10.9. The summed E-state index contributed by atoms with van der Waals surface area (Å²) in [5.41, 5.74) is 2.56. The van der Waals surface area contributed by atoms with E-state index in [9.17, 15) is 8.42 Å². The van der Waals surface area contributed by atoms with Gasteiger partial charge in [0.1, 0.15) is 0 Å². The van der Waals surface area contributed by atoms with Gasteiger partial charge >= 0.3 is 0 Å². The molecular formula is C13H22N2O2S. The fourth-order valence-electron chi connectivity index (χ4n) is 1.85. The lowest BCUT2D eigenvalue weighted by Gasteiger charge is -2.16. The lowest BCUT2D eigenvalue weighted by Crippen LogP contribution is -2.27. The molecule has 1 atom stereocenters. The summed E-state index contributed by atoms with van der Waals surface area (Å²) in [5.74, 6) is 0. The Balaban J connectivity index is 2.30. The lowest BCUT2D eigenvalue weighted by atomic mass is 10.0. The highest BCUT2D eigenvalue weighted by Gasteiger charge is 2.06. The predicted molar refractivity (Wildman–Crippen MR) is 75.1 cm³/mol. The molecule has 0 bridgehead atoms. The van der Waals surface area contributed by atoms with Crippen LogP contribution in [0.5, 0.6) is 0 Å². The van der Waals surface area contributed by atoms with Gasteiger partial charge in [-0.2, -0.15) is 0 Å². The van der Waals surface area contributed by atoms with Crippen molar-refractivity contribution in [3.63, 3.8) is 0 Å². The first kappa shape index (κ1) is 15.1. The topological polar surface area (TPSA) is 58.2 Å². The summed E-state index contributed by atoms with van der Waals surface area (Å²) in [6.07, 6.45) is 1.96. The highest BCUT2D eigenvalue weighted by molar-refractivity contribution is 7.88. The first-order valence-electron chi connectivity index (χ1n) is 6.13. The van der Waals surface area contributed by atoms with Crippen LogP contribution in [0.4, 0.5) is 0 Å². The van der Waals surface area contributed by atoms with Crippen molar-refractivity contribution in [2.24, 2.45) is 0 Å². The predicted octanol–water partition coefficient (Wildman–Crippen LogP) is 1.58. The molecule has 0 radical (unpaired) electrons. The molecule has 102 valence electrons. The molecule has 0 aliphatic carbocycles. The van der Waals surface area contributed by atoms with E-state index in [0.717, 1.165) is 13.0 Å². The van der Waals surface area contributed by atoms with Crippen molar-refractivity contribution < 1.29 is 8.42 Å². The molecule has 0 aliphatic heterocycles. The largest absolute Gasteiger partial charge is 0.310 e. The molecule has 5 heteroatoms. The molecule has 1 unspecified atom stereocenters. The quantitative estimate of drug-likeness (QED) is 0.740. The Morgan fingerprint density at radius 3 is 2.50 bits per heavy atom. The fraction of sp³-hybridized carbons (Fsp3) is 0.538. The fourth-order valence-corrected chi connectivity index (χ4v) is 2.36. The number of nitrogens with one attached hydrogen (secondary N) is 2. The first-order valence-corrected chi connectivity index (χ1v) is 8.03. The minimum Gasteiger partial charge on any atom is -0.310 e. The van der Waals surface area contributed by atoms with Gasteiger partial charge in [-0.3, -0.25) is 0 Å². The van der Waals surface area contributed by atoms with Gasteiger partial charge in [0.25, 0.3) is 0 Å². The number of aryl methyl sites for hydroxylation is 1. The molecule has 0 saturated heterocycles. The molecule has 0 aromatic heterocycles. The normalized spacial score (nSPS) is 13.5. The zero-order valence-electron chi connectivity index (χ0n) is 11.2. The third kappa shape index (κ3) is 5.62. The Morgan fingerprint density at radius 2 is 1.89 bits per heavy atom. The Morgan fingerprint density at radius 1 is 1.22 bits per heavy atom. The molecule has 4 nitrogen and oxygen atoms in total. The molecule has 0 saturated carbocycles. The van der Waals surface area contributed by atoms with E-state index in [4.69, 9.17) is 0 Å². The van der Waals surface area contributed by atoms with Gasteiger partial charge in [0.05, 0.1) is 6.26 Å². The zero-order chi connectivity index (χ0) is 13.6. The summed E-state index contributed by atoms with van der Waals surface area (Å²) in [4.78, 5) is 0. The Labute approximate surface area is 110 Å². The Hall–Kier alpha value is -0.910. The number of hydrogen-bond acceptors (Lipinski definition) is 3. The van der Waals surface area contributed by atoms with Gasteiger partial charge in [-0.1, -0.05) is 24.3 Å². The van der Waals surface area contributed by atoms with Crippen LogP contribution in [-0.4, -0.2) is 27.8 Å².